The summed E-state index contributed by atoms with van der Waals surface area (Å²) in [5.74, 6) is 0.0803. The first kappa shape index (κ1) is 18.3. The molecular formula is C19H29N3O3. The average Bonchev–Trinajstić information content (AvgIpc) is 3.12. The van der Waals surface area contributed by atoms with Crippen LogP contribution in [0.3, 0.4) is 0 Å². The second kappa shape index (κ2) is 8.76. The summed E-state index contributed by atoms with van der Waals surface area (Å²) in [6, 6.07) is 8.51. The molecular weight excluding hydrogens is 318 g/mol. The first-order valence-corrected chi connectivity index (χ1v) is 9.08. The lowest BCUT2D eigenvalue weighted by Gasteiger charge is -2.27. The molecule has 0 bridgehead atoms. The van der Waals surface area contributed by atoms with Gasteiger partial charge in [0.1, 0.15) is 0 Å². The molecule has 25 heavy (non-hydrogen) atoms. The molecule has 0 saturated carbocycles. The maximum atomic E-state index is 12.6. The third-order valence-electron chi connectivity index (χ3n) is 5.13. The number of rotatable bonds is 7. The lowest BCUT2D eigenvalue weighted by Crippen LogP contribution is -2.45. The Balaban J connectivity index is 1.50. The number of nitrogens with zero attached hydrogens (tertiary/aromatic N) is 1. The number of carbonyl (C=O) groups is 1. The van der Waals surface area contributed by atoms with Crippen LogP contribution in [0.4, 0.5) is 0 Å². The Morgan fingerprint density at radius 2 is 2.00 bits per heavy atom. The van der Waals surface area contributed by atoms with E-state index in [0.717, 1.165) is 51.4 Å². The summed E-state index contributed by atoms with van der Waals surface area (Å²) in [5, 5.41) is 6.35. The number of methoxy groups -OCH3 is 1. The molecule has 6 nitrogen and oxygen atoms in total. The van der Waals surface area contributed by atoms with E-state index in [1.54, 1.807) is 7.11 Å². The molecule has 2 N–H and O–H groups in total. The summed E-state index contributed by atoms with van der Waals surface area (Å²) in [6.07, 6.45) is 0.825. The zero-order valence-electron chi connectivity index (χ0n) is 15.1. The molecule has 2 fully saturated rings. The van der Waals surface area contributed by atoms with Crippen molar-refractivity contribution in [2.24, 2.45) is 5.41 Å². The summed E-state index contributed by atoms with van der Waals surface area (Å²) in [4.78, 5) is 15.0. The third kappa shape index (κ3) is 4.79. The minimum atomic E-state index is -0.426. The van der Waals surface area contributed by atoms with Gasteiger partial charge in [0.15, 0.2) is 0 Å². The molecule has 2 aliphatic heterocycles. The molecule has 0 aromatic heterocycles. The minimum Gasteiger partial charge on any atom is -0.384 e. The second-order valence-electron chi connectivity index (χ2n) is 7.03. The highest BCUT2D eigenvalue weighted by molar-refractivity contribution is 5.83. The lowest BCUT2D eigenvalue weighted by atomic mass is 9.87. The third-order valence-corrected chi connectivity index (χ3v) is 5.13. The smallest absolute Gasteiger partial charge is 0.230 e. The zero-order valence-corrected chi connectivity index (χ0v) is 15.1. The van der Waals surface area contributed by atoms with Crippen LogP contribution in [0.1, 0.15) is 17.5 Å². The van der Waals surface area contributed by atoms with Gasteiger partial charge in [-0.2, -0.15) is 0 Å². The highest BCUT2D eigenvalue weighted by atomic mass is 16.5. The fraction of sp³-hybridized carbons (Fsp3) is 0.632. The maximum absolute atomic E-state index is 12.6. The van der Waals surface area contributed by atoms with E-state index in [1.807, 2.05) is 0 Å². The van der Waals surface area contributed by atoms with Gasteiger partial charge in [0.05, 0.1) is 25.2 Å². The first-order chi connectivity index (χ1) is 12.2. The summed E-state index contributed by atoms with van der Waals surface area (Å²) in [5.41, 5.74) is 2.00. The Morgan fingerprint density at radius 3 is 2.64 bits per heavy atom. The molecule has 2 saturated heterocycles. The Labute approximate surface area is 149 Å². The van der Waals surface area contributed by atoms with Crippen molar-refractivity contribution in [1.29, 1.82) is 0 Å². The molecule has 1 unspecified atom stereocenters. The van der Waals surface area contributed by atoms with Crippen LogP contribution in [0, 0.1) is 5.41 Å². The van der Waals surface area contributed by atoms with Gasteiger partial charge in [0.2, 0.25) is 5.91 Å². The molecule has 0 aliphatic carbocycles. The zero-order chi connectivity index (χ0) is 17.5. The molecule has 138 valence electrons. The number of nitrogens with one attached hydrogen (secondary N) is 2. The number of carbonyl (C=O) groups excluding carboxylic acids is 1. The van der Waals surface area contributed by atoms with E-state index in [0.29, 0.717) is 19.7 Å². The molecule has 1 amide bonds. The molecule has 0 spiro atoms. The highest BCUT2D eigenvalue weighted by Crippen LogP contribution is 2.26. The van der Waals surface area contributed by atoms with E-state index >= 15 is 0 Å². The maximum Gasteiger partial charge on any atom is 0.230 e. The van der Waals surface area contributed by atoms with Crippen LogP contribution in [0.25, 0.3) is 0 Å². The van der Waals surface area contributed by atoms with E-state index in [-0.39, 0.29) is 5.91 Å². The largest absolute Gasteiger partial charge is 0.384 e. The Hall–Kier alpha value is -1.47. The second-order valence-corrected chi connectivity index (χ2v) is 7.03. The molecule has 3 rings (SSSR count). The molecule has 2 heterocycles. The Bertz CT molecular complexity index is 550. The fourth-order valence-corrected chi connectivity index (χ4v) is 3.55. The molecule has 6 heteroatoms. The van der Waals surface area contributed by atoms with Crippen molar-refractivity contribution >= 4 is 5.91 Å². The Morgan fingerprint density at radius 1 is 1.28 bits per heavy atom. The van der Waals surface area contributed by atoms with E-state index in [1.165, 1.54) is 5.56 Å². The molecule has 0 radical (unpaired) electrons. The molecule has 1 aromatic carbocycles. The average molecular weight is 347 g/mol. The topological polar surface area (TPSA) is 62.8 Å². The van der Waals surface area contributed by atoms with Gasteiger partial charge in [0.25, 0.3) is 0 Å². The summed E-state index contributed by atoms with van der Waals surface area (Å²) in [6.45, 7) is 7.16. The van der Waals surface area contributed by atoms with E-state index in [4.69, 9.17) is 9.47 Å². The van der Waals surface area contributed by atoms with Crippen LogP contribution in [-0.4, -0.2) is 63.9 Å². The quantitative estimate of drug-likeness (QED) is 0.763. The van der Waals surface area contributed by atoms with E-state index in [9.17, 15) is 4.79 Å². The molecule has 1 aromatic rings. The van der Waals surface area contributed by atoms with Crippen molar-refractivity contribution in [3.8, 4) is 0 Å². The van der Waals surface area contributed by atoms with Crippen LogP contribution >= 0.6 is 0 Å². The van der Waals surface area contributed by atoms with E-state index in [2.05, 4.69) is 39.8 Å². The molecule has 1 atom stereocenters. The van der Waals surface area contributed by atoms with Crippen molar-refractivity contribution in [3.05, 3.63) is 35.4 Å². The highest BCUT2D eigenvalue weighted by Gasteiger charge is 2.41. The lowest BCUT2D eigenvalue weighted by molar-refractivity contribution is -0.133. The normalized spacial score (nSPS) is 24.4. The van der Waals surface area contributed by atoms with E-state index < -0.39 is 5.41 Å². The van der Waals surface area contributed by atoms with Gasteiger partial charge in [-0.25, -0.2) is 0 Å². The summed E-state index contributed by atoms with van der Waals surface area (Å²) in [7, 11) is 1.65. The number of amides is 1. The van der Waals surface area contributed by atoms with Gasteiger partial charge in [-0.3, -0.25) is 9.69 Å². The van der Waals surface area contributed by atoms with Gasteiger partial charge in [-0.1, -0.05) is 24.3 Å². The van der Waals surface area contributed by atoms with Crippen molar-refractivity contribution < 1.29 is 14.3 Å². The predicted molar refractivity (Wildman–Crippen MR) is 96.2 cm³/mol. The van der Waals surface area contributed by atoms with Crippen molar-refractivity contribution in [1.82, 2.24) is 15.5 Å². The number of hydrogen-bond donors (Lipinski definition) is 2. The summed E-state index contributed by atoms with van der Waals surface area (Å²) >= 11 is 0. The number of hydrogen-bond acceptors (Lipinski definition) is 5. The van der Waals surface area contributed by atoms with Gasteiger partial charge >= 0.3 is 0 Å². The first-order valence-electron chi connectivity index (χ1n) is 9.08. The minimum absolute atomic E-state index is 0.0803. The fourth-order valence-electron chi connectivity index (χ4n) is 3.55. The van der Waals surface area contributed by atoms with Crippen LogP contribution in [0.15, 0.2) is 24.3 Å². The van der Waals surface area contributed by atoms with Gasteiger partial charge < -0.3 is 20.1 Å². The van der Waals surface area contributed by atoms with Crippen LogP contribution in [-0.2, 0) is 27.4 Å². The Kier molecular flexibility index (Phi) is 6.42. The van der Waals surface area contributed by atoms with Crippen molar-refractivity contribution in [2.75, 3.05) is 53.1 Å². The van der Waals surface area contributed by atoms with Gasteiger partial charge in [-0.15, -0.1) is 0 Å². The van der Waals surface area contributed by atoms with Crippen LogP contribution in [0.2, 0.25) is 0 Å². The van der Waals surface area contributed by atoms with Crippen LogP contribution < -0.4 is 10.6 Å². The van der Waals surface area contributed by atoms with Crippen molar-refractivity contribution in [2.45, 2.75) is 19.5 Å². The van der Waals surface area contributed by atoms with Crippen molar-refractivity contribution in [3.63, 3.8) is 0 Å². The monoisotopic (exact) mass is 347 g/mol. The van der Waals surface area contributed by atoms with Gasteiger partial charge in [0, 0.05) is 39.8 Å². The summed E-state index contributed by atoms with van der Waals surface area (Å²) < 4.78 is 10.7. The SMILES string of the molecule is COCC1(C(=O)NCc2ccc(CN3CCOCC3)cc2)CCNC1. The van der Waals surface area contributed by atoms with Crippen LogP contribution in [0.5, 0.6) is 0 Å². The number of morpholine rings is 1. The predicted octanol–water partition coefficient (Wildman–Crippen LogP) is 0.761. The number of ether oxygens (including phenoxy) is 2. The standard InChI is InChI=1S/C19H29N3O3/c1-24-15-19(6-7-20-14-19)18(23)21-12-16-2-4-17(5-3-16)13-22-8-10-25-11-9-22/h2-5,20H,6-15H2,1H3,(H,21,23). The number of benzene rings is 1. The van der Waals surface area contributed by atoms with Gasteiger partial charge in [-0.05, 0) is 24.1 Å². The molecule has 2 aliphatic rings.